The van der Waals surface area contributed by atoms with Gasteiger partial charge in [-0.1, -0.05) is 18.2 Å². The fourth-order valence-electron chi connectivity index (χ4n) is 4.61. The Balaban J connectivity index is 1.38. The third-order valence-electron chi connectivity index (χ3n) is 6.35. The van der Waals surface area contributed by atoms with Crippen LogP contribution in [0.3, 0.4) is 0 Å². The molecule has 0 bridgehead atoms. The van der Waals surface area contributed by atoms with Gasteiger partial charge in [-0.2, -0.15) is 0 Å². The van der Waals surface area contributed by atoms with E-state index in [9.17, 15) is 9.59 Å². The summed E-state index contributed by atoms with van der Waals surface area (Å²) in [6.07, 6.45) is 6.18. The molecule has 2 aromatic carbocycles. The number of amides is 1. The van der Waals surface area contributed by atoms with Crippen molar-refractivity contribution in [1.82, 2.24) is 4.90 Å². The number of carbonyl (C=O) groups is 2. The highest BCUT2D eigenvalue weighted by atomic mass is 16.4. The number of aryl methyl sites for hydroxylation is 1. The quantitative estimate of drug-likeness (QED) is 0.497. The van der Waals surface area contributed by atoms with Crippen LogP contribution in [0.15, 0.2) is 42.5 Å². The molecule has 1 atom stereocenters. The van der Waals surface area contributed by atoms with Gasteiger partial charge < -0.3 is 15.3 Å². The van der Waals surface area contributed by atoms with Gasteiger partial charge in [-0.15, -0.1) is 0 Å². The second-order valence-electron chi connectivity index (χ2n) is 8.62. The maximum atomic E-state index is 12.7. The molecule has 6 heteroatoms. The number of anilines is 1. The number of carboxylic acid groups (broad SMARTS) is 1. The van der Waals surface area contributed by atoms with Crippen LogP contribution in [0.4, 0.5) is 5.69 Å². The van der Waals surface area contributed by atoms with Crippen LogP contribution in [0.2, 0.25) is 0 Å². The molecule has 1 saturated heterocycles. The van der Waals surface area contributed by atoms with Crippen molar-refractivity contribution in [3.05, 3.63) is 64.7 Å². The molecule has 1 fully saturated rings. The van der Waals surface area contributed by atoms with Crippen molar-refractivity contribution in [1.29, 1.82) is 5.41 Å². The topological polar surface area (TPSA) is 93.5 Å². The summed E-state index contributed by atoms with van der Waals surface area (Å²) in [6.45, 7) is 1.85. The molecule has 4 rings (SSSR count). The Bertz CT molecular complexity index is 978. The van der Waals surface area contributed by atoms with Gasteiger partial charge in [0, 0.05) is 36.3 Å². The van der Waals surface area contributed by atoms with E-state index < -0.39 is 5.97 Å². The standard InChI is InChI=1S/C25H29N3O3/c26-24(28-12-2-1-3-13-28)18-6-8-19(9-7-18)25(31)27-22-11-10-20-14-17(15-23(29)30)4-5-21(20)16-22/h6-11,16-17,26H,1-5,12-15H2,(H,27,31)(H,29,30). The zero-order valence-electron chi connectivity index (χ0n) is 17.7. The molecule has 6 nitrogen and oxygen atoms in total. The van der Waals surface area contributed by atoms with Crippen LogP contribution in [0, 0.1) is 11.3 Å². The van der Waals surface area contributed by atoms with Gasteiger partial charge in [0.25, 0.3) is 5.91 Å². The monoisotopic (exact) mass is 419 g/mol. The number of fused-ring (bicyclic) bond motifs is 1. The summed E-state index contributed by atoms with van der Waals surface area (Å²) in [4.78, 5) is 25.8. The lowest BCUT2D eigenvalue weighted by atomic mass is 9.82. The summed E-state index contributed by atoms with van der Waals surface area (Å²) in [5, 5.41) is 20.4. The first-order valence-electron chi connectivity index (χ1n) is 11.1. The molecule has 31 heavy (non-hydrogen) atoms. The number of rotatable bonds is 5. The highest BCUT2D eigenvalue weighted by Gasteiger charge is 2.21. The molecule has 1 heterocycles. The average Bonchev–Trinajstić information content (AvgIpc) is 2.79. The minimum absolute atomic E-state index is 0.171. The van der Waals surface area contributed by atoms with Crippen LogP contribution in [0.25, 0.3) is 0 Å². The first kappa shape index (κ1) is 21.1. The molecular weight excluding hydrogens is 390 g/mol. The average molecular weight is 420 g/mol. The van der Waals surface area contributed by atoms with Gasteiger partial charge in [0.1, 0.15) is 5.84 Å². The van der Waals surface area contributed by atoms with Crippen LogP contribution < -0.4 is 5.32 Å². The summed E-state index contributed by atoms with van der Waals surface area (Å²) in [5.74, 6) is -0.194. The van der Waals surface area contributed by atoms with E-state index in [4.69, 9.17) is 10.5 Å². The molecule has 162 valence electrons. The van der Waals surface area contributed by atoms with Crippen molar-refractivity contribution in [2.75, 3.05) is 18.4 Å². The summed E-state index contributed by atoms with van der Waals surface area (Å²) in [7, 11) is 0. The van der Waals surface area contributed by atoms with E-state index in [2.05, 4.69) is 10.2 Å². The van der Waals surface area contributed by atoms with Crippen LogP contribution in [0.5, 0.6) is 0 Å². The van der Waals surface area contributed by atoms with E-state index in [-0.39, 0.29) is 18.2 Å². The normalized spacial score (nSPS) is 18.2. The Labute approximate surface area is 182 Å². The first-order chi connectivity index (χ1) is 15.0. The van der Waals surface area contributed by atoms with E-state index in [0.29, 0.717) is 11.4 Å². The number of hydrogen-bond acceptors (Lipinski definition) is 3. The van der Waals surface area contributed by atoms with Crippen molar-refractivity contribution in [3.8, 4) is 0 Å². The number of nitrogens with zero attached hydrogens (tertiary/aromatic N) is 1. The van der Waals surface area contributed by atoms with E-state index in [0.717, 1.165) is 56.4 Å². The predicted octanol–water partition coefficient (Wildman–Crippen LogP) is 4.33. The molecule has 2 aliphatic rings. The molecule has 2 aromatic rings. The predicted molar refractivity (Wildman–Crippen MR) is 121 cm³/mol. The van der Waals surface area contributed by atoms with Crippen LogP contribution in [-0.4, -0.2) is 40.8 Å². The molecular formula is C25H29N3O3. The third kappa shape index (κ3) is 5.13. The number of carboxylic acids is 1. The lowest BCUT2D eigenvalue weighted by molar-refractivity contribution is -0.138. The molecule has 0 spiro atoms. The maximum Gasteiger partial charge on any atom is 0.303 e. The van der Waals surface area contributed by atoms with Crippen LogP contribution >= 0.6 is 0 Å². The van der Waals surface area contributed by atoms with Gasteiger partial charge in [0.2, 0.25) is 0 Å². The Morgan fingerprint density at radius 3 is 2.42 bits per heavy atom. The molecule has 1 aliphatic heterocycles. The molecule has 1 aliphatic carbocycles. The van der Waals surface area contributed by atoms with E-state index in [1.54, 1.807) is 12.1 Å². The highest BCUT2D eigenvalue weighted by molar-refractivity contribution is 6.05. The second kappa shape index (κ2) is 9.33. The number of amidine groups is 1. The molecule has 0 aromatic heterocycles. The molecule has 0 radical (unpaired) electrons. The lowest BCUT2D eigenvalue weighted by Crippen LogP contribution is -2.35. The van der Waals surface area contributed by atoms with Crippen molar-refractivity contribution in [2.45, 2.75) is 44.9 Å². The Hall–Kier alpha value is -3.15. The van der Waals surface area contributed by atoms with E-state index in [1.165, 1.54) is 17.5 Å². The Kier molecular flexibility index (Phi) is 6.35. The Morgan fingerprint density at radius 1 is 1.00 bits per heavy atom. The number of piperidine rings is 1. The van der Waals surface area contributed by atoms with Crippen molar-refractivity contribution in [2.24, 2.45) is 5.92 Å². The highest BCUT2D eigenvalue weighted by Crippen LogP contribution is 2.29. The minimum atomic E-state index is -0.741. The summed E-state index contributed by atoms with van der Waals surface area (Å²) in [5.41, 5.74) is 4.52. The number of aliphatic carboxylic acids is 1. The van der Waals surface area contributed by atoms with Gasteiger partial charge in [-0.3, -0.25) is 15.0 Å². The molecule has 0 saturated carbocycles. The Morgan fingerprint density at radius 2 is 1.71 bits per heavy atom. The molecule has 1 amide bonds. The summed E-state index contributed by atoms with van der Waals surface area (Å²) in [6, 6.07) is 13.1. The number of hydrogen-bond donors (Lipinski definition) is 3. The smallest absolute Gasteiger partial charge is 0.303 e. The fraction of sp³-hybridized carbons (Fsp3) is 0.400. The van der Waals surface area contributed by atoms with Gasteiger partial charge in [-0.25, -0.2) is 0 Å². The van der Waals surface area contributed by atoms with E-state index >= 15 is 0 Å². The summed E-state index contributed by atoms with van der Waals surface area (Å²) < 4.78 is 0. The minimum Gasteiger partial charge on any atom is -0.481 e. The maximum absolute atomic E-state index is 12.7. The van der Waals surface area contributed by atoms with Gasteiger partial charge in [-0.05, 0) is 79.8 Å². The zero-order chi connectivity index (χ0) is 21.8. The lowest BCUT2D eigenvalue weighted by Gasteiger charge is -2.29. The zero-order valence-corrected chi connectivity index (χ0v) is 17.7. The van der Waals surface area contributed by atoms with Crippen molar-refractivity contribution in [3.63, 3.8) is 0 Å². The van der Waals surface area contributed by atoms with Crippen LogP contribution in [-0.2, 0) is 17.6 Å². The van der Waals surface area contributed by atoms with Crippen LogP contribution in [0.1, 0.15) is 59.2 Å². The van der Waals surface area contributed by atoms with Gasteiger partial charge in [0.15, 0.2) is 0 Å². The van der Waals surface area contributed by atoms with Gasteiger partial charge >= 0.3 is 5.97 Å². The van der Waals surface area contributed by atoms with Crippen molar-refractivity contribution >= 4 is 23.4 Å². The second-order valence-corrected chi connectivity index (χ2v) is 8.62. The van der Waals surface area contributed by atoms with E-state index in [1.807, 2.05) is 30.3 Å². The third-order valence-corrected chi connectivity index (χ3v) is 6.35. The number of benzene rings is 2. The fourth-order valence-corrected chi connectivity index (χ4v) is 4.61. The number of carbonyl (C=O) groups excluding carboxylic acids is 1. The number of nitrogens with one attached hydrogen (secondary N) is 2. The molecule has 1 unspecified atom stereocenters. The summed E-state index contributed by atoms with van der Waals surface area (Å²) >= 11 is 0. The first-order valence-corrected chi connectivity index (χ1v) is 11.1. The largest absolute Gasteiger partial charge is 0.481 e. The van der Waals surface area contributed by atoms with Gasteiger partial charge in [0.05, 0.1) is 0 Å². The van der Waals surface area contributed by atoms with Crippen molar-refractivity contribution < 1.29 is 14.7 Å². The number of likely N-dealkylation sites (tertiary alicyclic amines) is 1. The molecule has 3 N–H and O–H groups in total. The SMILES string of the molecule is N=C(c1ccc(C(=O)Nc2ccc3c(c2)CCC(CC(=O)O)C3)cc1)N1CCCCC1.